The third kappa shape index (κ3) is 16.1. The van der Waals surface area contributed by atoms with E-state index in [4.69, 9.17) is 5.84 Å². The van der Waals surface area contributed by atoms with Crippen molar-refractivity contribution in [2.24, 2.45) is 23.1 Å². The largest absolute Gasteiger partial charge is 0.295 e. The molecule has 0 radical (unpaired) electrons. The molecule has 2 unspecified atom stereocenters. The number of hydrazine groups is 1. The highest BCUT2D eigenvalue weighted by atomic mass is 32.2. The van der Waals surface area contributed by atoms with Crippen LogP contribution in [0.15, 0.2) is 0 Å². The van der Waals surface area contributed by atoms with Crippen molar-refractivity contribution in [2.45, 2.75) is 113 Å². The highest BCUT2D eigenvalue weighted by Crippen LogP contribution is 2.33. The molecule has 2 atom stereocenters. The molecule has 33 heavy (non-hydrogen) atoms. The third-order valence-corrected chi connectivity index (χ3v) is 9.41. The monoisotopic (exact) mass is 506 g/mol. The summed E-state index contributed by atoms with van der Waals surface area (Å²) in [6, 6.07) is 0. The van der Waals surface area contributed by atoms with Gasteiger partial charge in [-0.3, -0.25) is 18.8 Å². The van der Waals surface area contributed by atoms with Crippen LogP contribution in [-0.4, -0.2) is 44.9 Å². The smallest absolute Gasteiger partial charge is 0.242 e. The van der Waals surface area contributed by atoms with Crippen LogP contribution in [0.5, 0.6) is 0 Å². The fourth-order valence-corrected chi connectivity index (χ4v) is 6.25. The molecule has 0 aromatic rings. The Hall–Kier alpha value is -0.320. The predicted octanol–water partition coefficient (Wildman–Crippen LogP) is 6.52. The normalized spacial score (nSPS) is 12.8. The molecular weight excluding hydrogens is 451 g/mol. The van der Waals surface area contributed by atoms with Gasteiger partial charge < -0.3 is 0 Å². The van der Waals surface area contributed by atoms with Crippen molar-refractivity contribution >= 4 is 30.8 Å². The van der Waals surface area contributed by atoms with Gasteiger partial charge in [-0.15, -0.1) is 0 Å². The van der Waals surface area contributed by atoms with E-state index in [-0.39, 0.29) is 11.3 Å². The van der Waals surface area contributed by atoms with E-state index in [2.05, 4.69) is 34.6 Å². The number of rotatable bonds is 18. The van der Waals surface area contributed by atoms with Gasteiger partial charge in [0.2, 0.25) is 5.91 Å². The summed E-state index contributed by atoms with van der Waals surface area (Å²) >= 11 is 0. The van der Waals surface area contributed by atoms with Crippen LogP contribution < -0.4 is 5.84 Å². The Bertz CT molecular complexity index is 536. The zero-order valence-electron chi connectivity index (χ0n) is 23.0. The van der Waals surface area contributed by atoms with Crippen LogP contribution in [0.3, 0.4) is 0 Å². The lowest BCUT2D eigenvalue weighted by Gasteiger charge is -2.33. The van der Waals surface area contributed by atoms with Crippen molar-refractivity contribution in [1.29, 1.82) is 0 Å². The second-order valence-corrected chi connectivity index (χ2v) is 12.5. The lowest BCUT2D eigenvalue weighted by Crippen LogP contribution is -2.48. The fraction of sp³-hybridized carbons (Fsp3) is 0.923. The number of hydrogen-bond donors (Lipinski definition) is 1. The summed E-state index contributed by atoms with van der Waals surface area (Å²) in [6.07, 6.45) is 9.79. The zero-order valence-corrected chi connectivity index (χ0v) is 24.8. The highest BCUT2D eigenvalue weighted by molar-refractivity contribution is 7.84. The van der Waals surface area contributed by atoms with Crippen molar-refractivity contribution in [1.82, 2.24) is 5.01 Å². The number of nitrogens with two attached hydrogens (primary N) is 1. The molecule has 2 N–H and O–H groups in total. The van der Waals surface area contributed by atoms with Gasteiger partial charge >= 0.3 is 0 Å². The molecule has 0 aliphatic carbocycles. The van der Waals surface area contributed by atoms with E-state index in [9.17, 15) is 13.8 Å². The quantitative estimate of drug-likeness (QED) is 0.0993. The van der Waals surface area contributed by atoms with Crippen LogP contribution in [0.2, 0.25) is 0 Å². The number of carbonyl (C=O) groups is 2. The first kappa shape index (κ1) is 34.8. The molecule has 0 heterocycles. The summed E-state index contributed by atoms with van der Waals surface area (Å²) in [5.41, 5.74) is 0.154. The Balaban J connectivity index is 0. The number of nitrogens with zero attached hydrogens (tertiary/aromatic N) is 1. The average Bonchev–Trinajstić information content (AvgIpc) is 2.80. The van der Waals surface area contributed by atoms with Crippen molar-refractivity contribution in [3.05, 3.63) is 0 Å². The Kier molecular flexibility index (Phi) is 22.2. The van der Waals surface area contributed by atoms with Crippen LogP contribution >= 0.6 is 8.58 Å². The Morgan fingerprint density at radius 1 is 0.970 bits per heavy atom. The van der Waals surface area contributed by atoms with E-state index >= 15 is 0 Å². The molecule has 5 nitrogen and oxygen atoms in total. The molecule has 7 heteroatoms. The van der Waals surface area contributed by atoms with E-state index in [0.29, 0.717) is 38.1 Å². The first-order valence-electron chi connectivity index (χ1n) is 13.2. The lowest BCUT2D eigenvalue weighted by atomic mass is 9.77. The van der Waals surface area contributed by atoms with E-state index in [1.165, 1.54) is 17.9 Å². The van der Waals surface area contributed by atoms with Crippen molar-refractivity contribution < 1.29 is 13.8 Å². The van der Waals surface area contributed by atoms with Crippen LogP contribution in [0.4, 0.5) is 0 Å². The van der Waals surface area contributed by atoms with Gasteiger partial charge in [0.1, 0.15) is 0 Å². The molecule has 0 aromatic heterocycles. The minimum atomic E-state index is -0.865. The first-order chi connectivity index (χ1) is 15.6. The topological polar surface area (TPSA) is 80.5 Å². The molecule has 0 bridgehead atoms. The molecule has 1 amide bonds. The summed E-state index contributed by atoms with van der Waals surface area (Å²) in [7, 11) is -0.305. The summed E-state index contributed by atoms with van der Waals surface area (Å²) in [6.45, 7) is 17.4. The van der Waals surface area contributed by atoms with Gasteiger partial charge in [0.25, 0.3) is 0 Å². The Morgan fingerprint density at radius 2 is 1.55 bits per heavy atom. The molecule has 0 saturated heterocycles. The van der Waals surface area contributed by atoms with Gasteiger partial charge in [0, 0.05) is 35.3 Å². The van der Waals surface area contributed by atoms with Gasteiger partial charge in [0.05, 0.1) is 5.41 Å². The molecule has 0 aromatic carbocycles. The maximum absolute atomic E-state index is 12.5. The van der Waals surface area contributed by atoms with Crippen LogP contribution in [0, 0.1) is 17.3 Å². The molecule has 0 spiro atoms. The molecule has 0 saturated carbocycles. The van der Waals surface area contributed by atoms with Crippen molar-refractivity contribution in [3.63, 3.8) is 0 Å². The maximum Gasteiger partial charge on any atom is 0.242 e. The molecule has 0 fully saturated rings. The van der Waals surface area contributed by atoms with Gasteiger partial charge in [-0.2, -0.15) is 0 Å². The van der Waals surface area contributed by atoms with Crippen LogP contribution in [0.1, 0.15) is 113 Å². The first-order valence-corrected chi connectivity index (χ1v) is 15.9. The maximum atomic E-state index is 12.5. The van der Waals surface area contributed by atoms with E-state index in [1.54, 1.807) is 0 Å². The van der Waals surface area contributed by atoms with Gasteiger partial charge in [-0.05, 0) is 50.1 Å². The summed E-state index contributed by atoms with van der Waals surface area (Å²) < 4.78 is 11.6. The SMILES string of the molecule is CCC(CC)CPC(=O)CCC(C)C.CCCS(=O)CCN(N)C(=O)C(CC)(CC)CCC. The van der Waals surface area contributed by atoms with E-state index < -0.39 is 10.8 Å². The minimum absolute atomic E-state index is 0.00727. The third-order valence-electron chi connectivity index (χ3n) is 6.48. The van der Waals surface area contributed by atoms with Gasteiger partial charge in [-0.1, -0.05) is 83.2 Å². The zero-order chi connectivity index (χ0) is 25.9. The predicted molar refractivity (Wildman–Crippen MR) is 148 cm³/mol. The Morgan fingerprint density at radius 3 is 1.97 bits per heavy atom. The second kappa shape index (κ2) is 21.0. The summed E-state index contributed by atoms with van der Waals surface area (Å²) in [5.74, 6) is 8.49. The van der Waals surface area contributed by atoms with E-state index in [1.807, 2.05) is 20.8 Å². The molecule has 198 valence electrons. The summed E-state index contributed by atoms with van der Waals surface area (Å²) in [5, 5.41) is 1.29. The second-order valence-electron chi connectivity index (χ2n) is 9.50. The molecule has 0 rings (SSSR count). The number of carbonyl (C=O) groups excluding carboxylic acids is 2. The number of amides is 1. The van der Waals surface area contributed by atoms with Gasteiger partial charge in [-0.25, -0.2) is 5.84 Å². The highest BCUT2D eigenvalue weighted by Gasteiger charge is 2.36. The lowest BCUT2D eigenvalue weighted by molar-refractivity contribution is -0.143. The minimum Gasteiger partial charge on any atom is -0.295 e. The molecular formula is C26H55N2O3PS. The Labute approximate surface area is 210 Å². The molecule has 0 aliphatic heterocycles. The standard InChI is InChI=1S/C14H30N2O2S.C12H25OP/c1-5-9-14(7-3,8-4)13(17)16(15)10-12-19(18)11-6-2;1-5-11(6-2)9-14-12(13)8-7-10(3)4/h5-12,15H2,1-4H3;10-11,14H,5-9H2,1-4H3. The summed E-state index contributed by atoms with van der Waals surface area (Å²) in [4.78, 5) is 24.0. The van der Waals surface area contributed by atoms with Crippen LogP contribution in [-0.2, 0) is 20.4 Å². The average molecular weight is 507 g/mol. The fourth-order valence-electron chi connectivity index (χ4n) is 3.77. The molecule has 0 aliphatic rings. The van der Waals surface area contributed by atoms with Gasteiger partial charge in [0.15, 0.2) is 5.52 Å². The van der Waals surface area contributed by atoms with Crippen molar-refractivity contribution in [3.8, 4) is 0 Å². The van der Waals surface area contributed by atoms with Crippen molar-refractivity contribution in [2.75, 3.05) is 24.2 Å². The van der Waals surface area contributed by atoms with E-state index in [0.717, 1.165) is 57.0 Å². The number of hydrogen-bond acceptors (Lipinski definition) is 4. The van der Waals surface area contributed by atoms with Crippen LogP contribution in [0.25, 0.3) is 0 Å².